The number of carboxylic acid groups (broad SMARTS) is 1. The predicted octanol–water partition coefficient (Wildman–Crippen LogP) is 6.03. The van der Waals surface area contributed by atoms with E-state index in [1.54, 1.807) is 18.2 Å². The van der Waals surface area contributed by atoms with Crippen LogP contribution in [0.15, 0.2) is 60.8 Å². The fourth-order valence-electron chi connectivity index (χ4n) is 3.94. The van der Waals surface area contributed by atoms with Crippen molar-refractivity contribution in [2.75, 3.05) is 17.2 Å². The van der Waals surface area contributed by atoms with E-state index in [0.717, 1.165) is 18.6 Å². The molecule has 0 unspecified atom stereocenters. The number of carbonyl (C=O) groups excluding carboxylic acids is 1. The van der Waals surface area contributed by atoms with Crippen LogP contribution in [-0.2, 0) is 21.3 Å². The smallest absolute Gasteiger partial charge is 0.416 e. The zero-order valence-electron chi connectivity index (χ0n) is 18.7. The van der Waals surface area contributed by atoms with Gasteiger partial charge in [0.1, 0.15) is 18.2 Å². The van der Waals surface area contributed by atoms with Crippen molar-refractivity contribution in [1.29, 1.82) is 0 Å². The monoisotopic (exact) mass is 503 g/mol. The molecule has 0 aliphatic heterocycles. The van der Waals surface area contributed by atoms with Crippen molar-refractivity contribution in [3.63, 3.8) is 0 Å². The molecular weight excluding hydrogens is 482 g/mol. The predicted molar refractivity (Wildman–Crippen MR) is 123 cm³/mol. The van der Waals surface area contributed by atoms with Crippen LogP contribution in [0.1, 0.15) is 30.4 Å². The number of hydrogen-bond acceptors (Lipinski definition) is 4. The van der Waals surface area contributed by atoms with Gasteiger partial charge in [0.25, 0.3) is 0 Å². The second-order valence-corrected chi connectivity index (χ2v) is 8.31. The zero-order valence-corrected chi connectivity index (χ0v) is 18.7. The molecule has 7 nitrogen and oxygen atoms in total. The Kier molecular flexibility index (Phi) is 6.93. The highest BCUT2D eigenvalue weighted by Crippen LogP contribution is 2.46. The van der Waals surface area contributed by atoms with Crippen molar-refractivity contribution in [2.24, 2.45) is 0 Å². The number of rotatable bonds is 7. The van der Waals surface area contributed by atoms with Crippen molar-refractivity contribution in [3.8, 4) is 11.1 Å². The maximum Gasteiger partial charge on any atom is 0.416 e. The van der Waals surface area contributed by atoms with Crippen molar-refractivity contribution in [2.45, 2.75) is 31.0 Å². The van der Waals surface area contributed by atoms with Crippen LogP contribution < -0.4 is 10.6 Å². The normalized spacial score (nSPS) is 14.6. The van der Waals surface area contributed by atoms with E-state index < -0.39 is 41.8 Å². The van der Waals surface area contributed by atoms with E-state index in [-0.39, 0.29) is 11.5 Å². The molecule has 11 heteroatoms. The Morgan fingerprint density at radius 2 is 1.78 bits per heavy atom. The number of anilines is 2. The lowest BCUT2D eigenvalue weighted by atomic mass is 9.74. The molecule has 1 saturated carbocycles. The number of halogens is 4. The van der Waals surface area contributed by atoms with Gasteiger partial charge in [0, 0.05) is 23.0 Å². The SMILES string of the molecule is O=C(O)COC1(c2ccc(-c3ccc(NC(=O)Nc4cccc(C(F)(F)F)c4)nc3)cc2F)CCC1. The van der Waals surface area contributed by atoms with Gasteiger partial charge in [-0.25, -0.2) is 19.0 Å². The van der Waals surface area contributed by atoms with Gasteiger partial charge in [0.15, 0.2) is 0 Å². The molecule has 0 spiro atoms. The second-order valence-electron chi connectivity index (χ2n) is 8.31. The van der Waals surface area contributed by atoms with Gasteiger partial charge in [-0.15, -0.1) is 0 Å². The summed E-state index contributed by atoms with van der Waals surface area (Å²) in [4.78, 5) is 27.1. The summed E-state index contributed by atoms with van der Waals surface area (Å²) >= 11 is 0. The highest BCUT2D eigenvalue weighted by molar-refractivity contribution is 5.99. The van der Waals surface area contributed by atoms with Gasteiger partial charge in [-0.2, -0.15) is 13.2 Å². The van der Waals surface area contributed by atoms with Gasteiger partial charge in [-0.1, -0.05) is 18.2 Å². The van der Waals surface area contributed by atoms with E-state index in [9.17, 15) is 27.2 Å². The summed E-state index contributed by atoms with van der Waals surface area (Å²) in [6.45, 7) is -0.513. The minimum Gasteiger partial charge on any atom is -0.480 e. The summed E-state index contributed by atoms with van der Waals surface area (Å²) in [7, 11) is 0. The van der Waals surface area contributed by atoms with Crippen molar-refractivity contribution >= 4 is 23.5 Å². The van der Waals surface area contributed by atoms with E-state index >= 15 is 0 Å². The lowest BCUT2D eigenvalue weighted by Crippen LogP contribution is -2.39. The van der Waals surface area contributed by atoms with Crippen LogP contribution in [0.2, 0.25) is 0 Å². The van der Waals surface area contributed by atoms with E-state index in [2.05, 4.69) is 15.6 Å². The number of hydrogen-bond donors (Lipinski definition) is 3. The van der Waals surface area contributed by atoms with Gasteiger partial charge < -0.3 is 15.2 Å². The molecule has 1 heterocycles. The molecule has 0 saturated heterocycles. The molecule has 2 amide bonds. The van der Waals surface area contributed by atoms with Crippen LogP contribution in [0.4, 0.5) is 33.9 Å². The van der Waals surface area contributed by atoms with Crippen LogP contribution in [0.25, 0.3) is 11.1 Å². The maximum atomic E-state index is 15.0. The number of ether oxygens (including phenoxy) is 1. The molecule has 1 aliphatic carbocycles. The lowest BCUT2D eigenvalue weighted by Gasteiger charge is -2.41. The number of aromatic nitrogens is 1. The van der Waals surface area contributed by atoms with Gasteiger partial charge in [-0.3, -0.25) is 5.32 Å². The molecule has 3 N–H and O–H groups in total. The van der Waals surface area contributed by atoms with E-state index in [4.69, 9.17) is 9.84 Å². The molecule has 1 aliphatic rings. The number of amides is 2. The zero-order chi connectivity index (χ0) is 25.9. The minimum atomic E-state index is -4.53. The van der Waals surface area contributed by atoms with E-state index in [1.807, 2.05) is 0 Å². The molecule has 4 rings (SSSR count). The number of aliphatic carboxylic acids is 1. The van der Waals surface area contributed by atoms with Crippen LogP contribution in [-0.4, -0.2) is 28.7 Å². The first-order valence-electron chi connectivity index (χ1n) is 10.9. The molecule has 0 radical (unpaired) electrons. The third-order valence-corrected chi connectivity index (χ3v) is 5.88. The quantitative estimate of drug-likeness (QED) is 0.342. The highest BCUT2D eigenvalue weighted by atomic mass is 19.4. The largest absolute Gasteiger partial charge is 0.480 e. The lowest BCUT2D eigenvalue weighted by molar-refractivity contribution is -0.159. The number of pyridine rings is 1. The maximum absolute atomic E-state index is 15.0. The van der Waals surface area contributed by atoms with Gasteiger partial charge in [0.2, 0.25) is 0 Å². The summed E-state index contributed by atoms with van der Waals surface area (Å²) in [5.74, 6) is -1.52. The first-order chi connectivity index (χ1) is 17.1. The summed E-state index contributed by atoms with van der Waals surface area (Å²) in [5.41, 5.74) is -0.505. The Hall–Kier alpha value is -3.99. The molecule has 188 valence electrons. The Labute approximate surface area is 203 Å². The molecule has 0 atom stereocenters. The van der Waals surface area contributed by atoms with Gasteiger partial charge in [-0.05, 0) is 61.2 Å². The summed E-state index contributed by atoms with van der Waals surface area (Å²) in [5, 5.41) is 13.6. The average molecular weight is 503 g/mol. The van der Waals surface area contributed by atoms with Crippen molar-refractivity contribution < 1.29 is 37.0 Å². The van der Waals surface area contributed by atoms with Gasteiger partial charge >= 0.3 is 18.2 Å². The first kappa shape index (κ1) is 25.1. The Balaban J connectivity index is 1.42. The number of alkyl halides is 3. The molecule has 3 aromatic rings. The third-order valence-electron chi connectivity index (χ3n) is 5.88. The second kappa shape index (κ2) is 9.94. The fraction of sp³-hybridized carbons (Fsp3) is 0.240. The minimum absolute atomic E-state index is 0.0360. The number of nitrogens with zero attached hydrogens (tertiary/aromatic N) is 1. The van der Waals surface area contributed by atoms with E-state index in [0.29, 0.717) is 29.5 Å². The summed E-state index contributed by atoms with van der Waals surface area (Å²) in [6.07, 6.45) is -1.26. The van der Waals surface area contributed by atoms with Crippen LogP contribution >= 0.6 is 0 Å². The Morgan fingerprint density at radius 1 is 1.03 bits per heavy atom. The fourth-order valence-corrected chi connectivity index (χ4v) is 3.94. The standard InChI is InChI=1S/C25H21F4N3O4/c26-20-11-15(5-7-19(20)24(9-2-10-24)36-14-22(33)34)16-6-8-21(30-13-16)32-23(35)31-18-4-1-3-17(12-18)25(27,28)29/h1,3-8,11-13H,2,9-10,14H2,(H,33,34)(H2,30,31,32,35). The van der Waals surface area contributed by atoms with E-state index in [1.165, 1.54) is 30.5 Å². The molecular formula is C25H21F4N3O4. The summed E-state index contributed by atoms with van der Waals surface area (Å²) in [6, 6.07) is 11.1. The molecule has 1 aromatic heterocycles. The average Bonchev–Trinajstić information content (AvgIpc) is 2.79. The van der Waals surface area contributed by atoms with Gasteiger partial charge in [0.05, 0.1) is 11.2 Å². The van der Waals surface area contributed by atoms with Crippen molar-refractivity contribution in [1.82, 2.24) is 4.98 Å². The molecule has 2 aromatic carbocycles. The Morgan fingerprint density at radius 3 is 2.36 bits per heavy atom. The number of nitrogens with one attached hydrogen (secondary N) is 2. The topological polar surface area (TPSA) is 101 Å². The summed E-state index contributed by atoms with van der Waals surface area (Å²) < 4.78 is 58.9. The molecule has 0 bridgehead atoms. The molecule has 36 heavy (non-hydrogen) atoms. The third kappa shape index (κ3) is 5.62. The number of benzene rings is 2. The number of urea groups is 1. The highest BCUT2D eigenvalue weighted by Gasteiger charge is 2.42. The van der Waals surface area contributed by atoms with Crippen LogP contribution in [0.5, 0.6) is 0 Å². The Bertz CT molecular complexity index is 1280. The molecule has 1 fully saturated rings. The number of carboxylic acids is 1. The van der Waals surface area contributed by atoms with Crippen molar-refractivity contribution in [3.05, 3.63) is 77.7 Å². The van der Waals surface area contributed by atoms with Crippen LogP contribution in [0, 0.1) is 5.82 Å². The first-order valence-corrected chi connectivity index (χ1v) is 10.9. The number of carbonyl (C=O) groups is 2. The van der Waals surface area contributed by atoms with Crippen LogP contribution in [0.3, 0.4) is 0 Å².